The molecule has 0 atom stereocenters. The van der Waals surface area contributed by atoms with Crippen molar-refractivity contribution < 1.29 is 23.8 Å². The van der Waals surface area contributed by atoms with Gasteiger partial charge in [-0.1, -0.05) is 15.9 Å². The Hall–Kier alpha value is -1.86. The van der Waals surface area contributed by atoms with Gasteiger partial charge in [-0.3, -0.25) is 4.79 Å². The van der Waals surface area contributed by atoms with Gasteiger partial charge in [-0.2, -0.15) is 0 Å². The molecule has 0 N–H and O–H groups in total. The molecule has 2 rings (SSSR count). The van der Waals surface area contributed by atoms with Gasteiger partial charge in [0.1, 0.15) is 12.0 Å². The van der Waals surface area contributed by atoms with Crippen LogP contribution in [-0.4, -0.2) is 26.0 Å². The summed E-state index contributed by atoms with van der Waals surface area (Å²) in [6, 6.07) is 9.84. The van der Waals surface area contributed by atoms with Crippen molar-refractivity contribution in [2.45, 2.75) is 0 Å². The summed E-state index contributed by atoms with van der Waals surface area (Å²) < 4.78 is 17.3. The Morgan fingerprint density at radius 1 is 1.09 bits per heavy atom. The van der Waals surface area contributed by atoms with E-state index in [1.54, 1.807) is 12.1 Å². The highest BCUT2D eigenvalue weighted by Gasteiger charge is 2.12. The minimum atomic E-state index is -0.586. The van der Waals surface area contributed by atoms with E-state index in [2.05, 4.69) is 31.9 Å². The summed E-state index contributed by atoms with van der Waals surface area (Å²) in [4.78, 5) is 22.6. The van der Waals surface area contributed by atoms with Crippen LogP contribution in [0.5, 0.6) is 17.2 Å². The van der Waals surface area contributed by atoms with E-state index in [0.717, 1.165) is 4.47 Å². The molecule has 5 nitrogen and oxygen atoms in total. The third-order valence-corrected chi connectivity index (χ3v) is 3.90. The second kappa shape index (κ2) is 8.12. The summed E-state index contributed by atoms with van der Waals surface area (Å²) >= 11 is 6.67. The predicted octanol–water partition coefficient (Wildman–Crippen LogP) is 4.02. The van der Waals surface area contributed by atoms with Crippen LogP contribution in [0.4, 0.5) is 0 Å². The molecule has 0 amide bonds. The van der Waals surface area contributed by atoms with Crippen LogP contribution in [0.1, 0.15) is 10.4 Å². The summed E-state index contributed by atoms with van der Waals surface area (Å²) in [5, 5.41) is 0. The number of carbonyl (C=O) groups is 2. The van der Waals surface area contributed by atoms with Gasteiger partial charge in [0, 0.05) is 10.0 Å². The lowest BCUT2D eigenvalue weighted by atomic mass is 10.2. The molecule has 0 saturated heterocycles. The van der Waals surface area contributed by atoms with E-state index in [-0.39, 0.29) is 12.4 Å². The van der Waals surface area contributed by atoms with Gasteiger partial charge < -0.3 is 14.2 Å². The molecule has 0 aliphatic carbocycles. The van der Waals surface area contributed by atoms with Gasteiger partial charge >= 0.3 is 5.97 Å². The van der Waals surface area contributed by atoms with Crippen LogP contribution < -0.4 is 14.2 Å². The van der Waals surface area contributed by atoms with Crippen molar-refractivity contribution in [3.05, 3.63) is 50.9 Å². The molecule has 2 aromatic rings. The number of hydrogen-bond acceptors (Lipinski definition) is 5. The highest BCUT2D eigenvalue weighted by molar-refractivity contribution is 9.11. The summed E-state index contributed by atoms with van der Waals surface area (Å²) in [5.41, 5.74) is 0.427. The first-order chi connectivity index (χ1) is 11.0. The Morgan fingerprint density at radius 3 is 2.48 bits per heavy atom. The number of hydrogen-bond donors (Lipinski definition) is 0. The zero-order chi connectivity index (χ0) is 16.8. The van der Waals surface area contributed by atoms with Crippen LogP contribution in [0.3, 0.4) is 0 Å². The number of benzene rings is 2. The molecule has 0 bridgehead atoms. The van der Waals surface area contributed by atoms with Crippen LogP contribution in [-0.2, 0) is 4.79 Å². The maximum absolute atomic E-state index is 11.9. The van der Waals surface area contributed by atoms with Gasteiger partial charge in [-0.25, -0.2) is 4.79 Å². The quantitative estimate of drug-likeness (QED) is 0.383. The number of methoxy groups -OCH3 is 1. The molecule has 23 heavy (non-hydrogen) atoms. The number of halogens is 2. The van der Waals surface area contributed by atoms with Gasteiger partial charge in [-0.05, 0) is 52.3 Å². The molecule has 0 saturated carbocycles. The van der Waals surface area contributed by atoms with E-state index in [1.807, 2.05) is 6.07 Å². The van der Waals surface area contributed by atoms with Crippen molar-refractivity contribution in [3.63, 3.8) is 0 Å². The molecule has 2 aromatic carbocycles. The van der Waals surface area contributed by atoms with Crippen molar-refractivity contribution in [1.29, 1.82) is 0 Å². The van der Waals surface area contributed by atoms with Crippen molar-refractivity contribution in [1.82, 2.24) is 0 Å². The second-order valence-corrected chi connectivity index (χ2v) is 6.14. The van der Waals surface area contributed by atoms with Crippen molar-refractivity contribution in [2.24, 2.45) is 0 Å². The first-order valence-corrected chi connectivity index (χ1v) is 8.04. The molecule has 0 heterocycles. The molecular weight excluding hydrogens is 432 g/mol. The average molecular weight is 444 g/mol. The minimum absolute atomic E-state index is 0.224. The molecule has 120 valence electrons. The Kier molecular flexibility index (Phi) is 6.18. The minimum Gasteiger partial charge on any atom is -0.493 e. The number of ether oxygens (including phenoxy) is 3. The van der Waals surface area contributed by atoms with Crippen LogP contribution in [0.25, 0.3) is 0 Å². The van der Waals surface area contributed by atoms with Crippen LogP contribution >= 0.6 is 31.9 Å². The van der Waals surface area contributed by atoms with Gasteiger partial charge in [0.2, 0.25) is 0 Å². The summed E-state index contributed by atoms with van der Waals surface area (Å²) in [5.74, 6) is 0.458. The largest absolute Gasteiger partial charge is 0.493 e. The first-order valence-electron chi connectivity index (χ1n) is 6.45. The monoisotopic (exact) mass is 442 g/mol. The van der Waals surface area contributed by atoms with Crippen molar-refractivity contribution in [2.75, 3.05) is 13.7 Å². The average Bonchev–Trinajstić information content (AvgIpc) is 2.54. The van der Waals surface area contributed by atoms with Gasteiger partial charge in [0.15, 0.2) is 18.1 Å². The fourth-order valence-corrected chi connectivity index (χ4v) is 2.88. The molecular formula is C16H12Br2O5. The zero-order valence-electron chi connectivity index (χ0n) is 12.0. The number of esters is 1. The number of carbonyl (C=O) groups excluding carboxylic acids is 2. The molecule has 0 aliphatic rings. The Balaban J connectivity index is 2.01. The lowest BCUT2D eigenvalue weighted by Crippen LogP contribution is -2.18. The lowest BCUT2D eigenvalue weighted by molar-refractivity contribution is -0.136. The van der Waals surface area contributed by atoms with Gasteiger partial charge in [-0.15, -0.1) is 0 Å². The van der Waals surface area contributed by atoms with E-state index < -0.39 is 5.97 Å². The maximum atomic E-state index is 11.9. The Bertz CT molecular complexity index is 730. The predicted molar refractivity (Wildman–Crippen MR) is 91.4 cm³/mol. The highest BCUT2D eigenvalue weighted by Crippen LogP contribution is 2.29. The normalized spacial score (nSPS) is 10.0. The fraction of sp³-hybridized carbons (Fsp3) is 0.125. The SMILES string of the molecule is COc1cc(C=O)ccc1OC(=O)COc1ccc(Br)cc1Br. The fourth-order valence-electron chi connectivity index (χ4n) is 1.72. The van der Waals surface area contributed by atoms with Crippen LogP contribution in [0, 0.1) is 0 Å². The van der Waals surface area contributed by atoms with E-state index in [9.17, 15) is 9.59 Å². The molecule has 0 aliphatic heterocycles. The van der Waals surface area contributed by atoms with Gasteiger partial charge in [0.05, 0.1) is 11.6 Å². The summed E-state index contributed by atoms with van der Waals surface area (Å²) in [7, 11) is 1.43. The summed E-state index contributed by atoms with van der Waals surface area (Å²) in [6.45, 7) is -0.265. The zero-order valence-corrected chi connectivity index (χ0v) is 15.2. The van der Waals surface area contributed by atoms with E-state index in [1.165, 1.54) is 25.3 Å². The Morgan fingerprint density at radius 2 is 1.83 bits per heavy atom. The smallest absolute Gasteiger partial charge is 0.349 e. The number of rotatable bonds is 6. The third-order valence-electron chi connectivity index (χ3n) is 2.79. The number of aldehydes is 1. The molecule has 0 aromatic heterocycles. The van der Waals surface area contributed by atoms with E-state index in [4.69, 9.17) is 14.2 Å². The molecule has 0 unspecified atom stereocenters. The molecule has 7 heteroatoms. The summed E-state index contributed by atoms with van der Waals surface area (Å²) in [6.07, 6.45) is 0.683. The second-order valence-electron chi connectivity index (χ2n) is 4.37. The molecule has 0 fully saturated rings. The van der Waals surface area contributed by atoms with E-state index >= 15 is 0 Å². The van der Waals surface area contributed by atoms with E-state index in [0.29, 0.717) is 27.8 Å². The van der Waals surface area contributed by atoms with Crippen molar-refractivity contribution >= 4 is 44.1 Å². The van der Waals surface area contributed by atoms with Crippen molar-refractivity contribution in [3.8, 4) is 17.2 Å². The van der Waals surface area contributed by atoms with Crippen LogP contribution in [0.15, 0.2) is 45.3 Å². The van der Waals surface area contributed by atoms with Crippen LogP contribution in [0.2, 0.25) is 0 Å². The Labute approximate surface area is 149 Å². The molecule has 0 radical (unpaired) electrons. The first kappa shape index (κ1) is 17.5. The van der Waals surface area contributed by atoms with Gasteiger partial charge in [0.25, 0.3) is 0 Å². The molecule has 0 spiro atoms. The third kappa shape index (κ3) is 4.80. The lowest BCUT2D eigenvalue weighted by Gasteiger charge is -2.11. The standard InChI is InChI=1S/C16H12Br2O5/c1-21-15-6-10(8-19)2-4-14(15)23-16(20)9-22-13-5-3-11(17)7-12(13)18/h2-8H,9H2,1H3. The topological polar surface area (TPSA) is 61.8 Å². The maximum Gasteiger partial charge on any atom is 0.349 e. The highest BCUT2D eigenvalue weighted by atomic mass is 79.9.